The Morgan fingerprint density at radius 2 is 1.85 bits per heavy atom. The lowest BCUT2D eigenvalue weighted by molar-refractivity contribution is -0.147. The summed E-state index contributed by atoms with van der Waals surface area (Å²) in [5.41, 5.74) is 2.71. The number of fused-ring (bicyclic) bond motifs is 1. The van der Waals surface area contributed by atoms with E-state index in [9.17, 15) is 4.79 Å². The molecule has 2 aliphatic rings. The number of carbonyl (C=O) groups excluding carboxylic acids is 1. The Hall–Kier alpha value is -1.87. The van der Waals surface area contributed by atoms with Crippen molar-refractivity contribution < 1.29 is 9.53 Å². The molecular weight excluding hydrogens is 322 g/mol. The zero-order chi connectivity index (χ0) is 18.1. The molecule has 0 amide bonds. The molecule has 26 heavy (non-hydrogen) atoms. The predicted octanol–water partition coefficient (Wildman–Crippen LogP) is 4.56. The molecule has 3 nitrogen and oxygen atoms in total. The van der Waals surface area contributed by atoms with E-state index in [-0.39, 0.29) is 11.9 Å². The fraction of sp³-hybridized carbons (Fsp3) is 0.522. The third-order valence-electron chi connectivity index (χ3n) is 6.37. The molecule has 2 aromatic carbocycles. The lowest BCUT2D eigenvalue weighted by atomic mass is 9.72. The minimum Gasteiger partial charge on any atom is -0.469 e. The molecule has 0 N–H and O–H groups in total. The summed E-state index contributed by atoms with van der Waals surface area (Å²) >= 11 is 0. The van der Waals surface area contributed by atoms with E-state index in [1.165, 1.54) is 54.9 Å². The zero-order valence-corrected chi connectivity index (χ0v) is 15.9. The number of hydrogen-bond acceptors (Lipinski definition) is 3. The number of hydrogen-bond donors (Lipinski definition) is 0. The Balaban J connectivity index is 1.32. The van der Waals surface area contributed by atoms with Gasteiger partial charge < -0.3 is 4.74 Å². The molecule has 0 spiro atoms. The third-order valence-corrected chi connectivity index (χ3v) is 6.37. The molecule has 1 aliphatic carbocycles. The van der Waals surface area contributed by atoms with E-state index in [1.807, 2.05) is 0 Å². The molecule has 2 fully saturated rings. The van der Waals surface area contributed by atoms with Gasteiger partial charge in [-0.15, -0.1) is 0 Å². The highest BCUT2D eigenvalue weighted by molar-refractivity contribution is 5.83. The maximum absolute atomic E-state index is 11.8. The smallest absolute Gasteiger partial charge is 0.308 e. The highest BCUT2D eigenvalue weighted by Crippen LogP contribution is 2.38. The summed E-state index contributed by atoms with van der Waals surface area (Å²) in [6, 6.07) is 13.5. The summed E-state index contributed by atoms with van der Waals surface area (Å²) in [6.45, 7) is 5.52. The van der Waals surface area contributed by atoms with Crippen LogP contribution in [-0.4, -0.2) is 31.1 Å². The summed E-state index contributed by atoms with van der Waals surface area (Å²) in [7, 11) is 1.52. The molecule has 0 aromatic heterocycles. The van der Waals surface area contributed by atoms with Crippen LogP contribution < -0.4 is 0 Å². The Morgan fingerprint density at radius 1 is 1.08 bits per heavy atom. The van der Waals surface area contributed by atoms with Crippen LogP contribution >= 0.6 is 0 Å². The van der Waals surface area contributed by atoms with Crippen molar-refractivity contribution in [2.24, 2.45) is 17.8 Å². The summed E-state index contributed by atoms with van der Waals surface area (Å²) in [4.78, 5) is 14.4. The molecule has 138 valence electrons. The molecule has 1 aliphatic heterocycles. The maximum Gasteiger partial charge on any atom is 0.308 e. The van der Waals surface area contributed by atoms with E-state index in [4.69, 9.17) is 4.74 Å². The minimum absolute atomic E-state index is 0.00252. The van der Waals surface area contributed by atoms with Crippen LogP contribution in [-0.2, 0) is 16.1 Å². The minimum atomic E-state index is -0.00252. The van der Waals surface area contributed by atoms with Crippen LogP contribution in [0.2, 0.25) is 0 Å². The van der Waals surface area contributed by atoms with Crippen LogP contribution in [0, 0.1) is 24.7 Å². The average molecular weight is 351 g/mol. The first-order valence-corrected chi connectivity index (χ1v) is 9.92. The van der Waals surface area contributed by atoms with Crippen molar-refractivity contribution in [1.82, 2.24) is 4.90 Å². The summed E-state index contributed by atoms with van der Waals surface area (Å²) in [5, 5.41) is 2.66. The van der Waals surface area contributed by atoms with Gasteiger partial charge in [0.05, 0.1) is 13.0 Å². The topological polar surface area (TPSA) is 29.5 Å². The van der Waals surface area contributed by atoms with Gasteiger partial charge in [0.1, 0.15) is 0 Å². The van der Waals surface area contributed by atoms with Crippen molar-refractivity contribution >= 4 is 16.7 Å². The highest BCUT2D eigenvalue weighted by atomic mass is 16.5. The van der Waals surface area contributed by atoms with Crippen LogP contribution in [0.3, 0.4) is 0 Å². The van der Waals surface area contributed by atoms with E-state index in [0.29, 0.717) is 5.92 Å². The summed E-state index contributed by atoms with van der Waals surface area (Å²) in [5.74, 6) is 1.59. The van der Waals surface area contributed by atoms with Gasteiger partial charge >= 0.3 is 5.97 Å². The standard InChI is InChI=1S/C23H29NO2/c1-16-6-8-20-11-17(7-9-19(20)10-16)13-24-14-22(15-24)18-4-3-5-21(12-18)23(25)26-2/h6-11,18,21-22H,3-5,12-15H2,1-2H3. The quantitative estimate of drug-likeness (QED) is 0.756. The van der Waals surface area contributed by atoms with Gasteiger partial charge in [-0.1, -0.05) is 48.7 Å². The fourth-order valence-electron chi connectivity index (χ4n) is 4.84. The molecule has 2 unspecified atom stereocenters. The monoisotopic (exact) mass is 351 g/mol. The molecule has 2 aromatic rings. The number of esters is 1. The van der Waals surface area contributed by atoms with Crippen molar-refractivity contribution in [2.75, 3.05) is 20.2 Å². The summed E-state index contributed by atoms with van der Waals surface area (Å²) < 4.78 is 4.96. The normalized spacial score (nSPS) is 24.4. The van der Waals surface area contributed by atoms with E-state index >= 15 is 0 Å². The van der Waals surface area contributed by atoms with Gasteiger partial charge in [-0.25, -0.2) is 0 Å². The zero-order valence-electron chi connectivity index (χ0n) is 15.9. The van der Waals surface area contributed by atoms with Gasteiger partial charge in [-0.2, -0.15) is 0 Å². The van der Waals surface area contributed by atoms with Gasteiger partial charge in [0.25, 0.3) is 0 Å². The number of methoxy groups -OCH3 is 1. The largest absolute Gasteiger partial charge is 0.469 e. The molecule has 4 rings (SSSR count). The third kappa shape index (κ3) is 3.64. The lowest BCUT2D eigenvalue weighted by Crippen LogP contribution is -2.50. The lowest BCUT2D eigenvalue weighted by Gasteiger charge is -2.45. The number of likely N-dealkylation sites (tertiary alicyclic amines) is 1. The Morgan fingerprint density at radius 3 is 2.65 bits per heavy atom. The first kappa shape index (κ1) is 17.5. The molecule has 1 heterocycles. The Labute approximate surface area is 156 Å². The van der Waals surface area contributed by atoms with Crippen molar-refractivity contribution in [1.29, 1.82) is 0 Å². The van der Waals surface area contributed by atoms with Gasteiger partial charge in [0, 0.05) is 19.6 Å². The van der Waals surface area contributed by atoms with Crippen LogP contribution in [0.25, 0.3) is 10.8 Å². The molecule has 2 atom stereocenters. The second-order valence-corrected chi connectivity index (χ2v) is 8.29. The predicted molar refractivity (Wildman–Crippen MR) is 105 cm³/mol. The number of aryl methyl sites for hydroxylation is 1. The molecule has 1 saturated carbocycles. The molecule has 0 radical (unpaired) electrons. The van der Waals surface area contributed by atoms with E-state index < -0.39 is 0 Å². The molecule has 1 saturated heterocycles. The van der Waals surface area contributed by atoms with Gasteiger partial charge in [-0.3, -0.25) is 9.69 Å². The number of benzene rings is 2. The van der Waals surface area contributed by atoms with Crippen molar-refractivity contribution in [2.45, 2.75) is 39.2 Å². The second kappa shape index (κ2) is 7.40. The van der Waals surface area contributed by atoms with Crippen LogP contribution in [0.4, 0.5) is 0 Å². The SMILES string of the molecule is COC(=O)C1CCCC(C2CN(Cc3ccc4cc(C)ccc4c3)C2)C1. The number of ether oxygens (including phenoxy) is 1. The first-order valence-electron chi connectivity index (χ1n) is 9.92. The van der Waals surface area contributed by atoms with Crippen molar-refractivity contribution in [3.8, 4) is 0 Å². The van der Waals surface area contributed by atoms with E-state index in [2.05, 4.69) is 48.2 Å². The van der Waals surface area contributed by atoms with Crippen molar-refractivity contribution in [3.05, 3.63) is 47.5 Å². The van der Waals surface area contributed by atoms with E-state index in [1.54, 1.807) is 0 Å². The second-order valence-electron chi connectivity index (χ2n) is 8.29. The van der Waals surface area contributed by atoms with E-state index in [0.717, 1.165) is 25.3 Å². The van der Waals surface area contributed by atoms with Crippen molar-refractivity contribution in [3.63, 3.8) is 0 Å². The summed E-state index contributed by atoms with van der Waals surface area (Å²) in [6.07, 6.45) is 4.49. The fourth-order valence-corrected chi connectivity index (χ4v) is 4.84. The molecule has 0 bridgehead atoms. The van der Waals surface area contributed by atoms with Crippen LogP contribution in [0.5, 0.6) is 0 Å². The average Bonchev–Trinajstić information content (AvgIpc) is 2.63. The van der Waals surface area contributed by atoms with Crippen LogP contribution in [0.15, 0.2) is 36.4 Å². The van der Waals surface area contributed by atoms with Gasteiger partial charge in [0.15, 0.2) is 0 Å². The number of nitrogens with zero attached hydrogens (tertiary/aromatic N) is 1. The molecular formula is C23H29NO2. The van der Waals surface area contributed by atoms with Gasteiger partial charge in [0.2, 0.25) is 0 Å². The Kier molecular flexibility index (Phi) is 4.99. The van der Waals surface area contributed by atoms with Crippen LogP contribution in [0.1, 0.15) is 36.8 Å². The highest BCUT2D eigenvalue weighted by Gasteiger charge is 2.37. The van der Waals surface area contributed by atoms with Gasteiger partial charge in [-0.05, 0) is 54.0 Å². The molecule has 3 heteroatoms. The maximum atomic E-state index is 11.8. The first-order chi connectivity index (χ1) is 12.6. The number of carbonyl (C=O) groups is 1. The number of rotatable bonds is 4. The Bertz CT molecular complexity index is 794.